The molecule has 0 aromatic carbocycles. The summed E-state index contributed by atoms with van der Waals surface area (Å²) in [4.78, 5) is 16.1. The Morgan fingerprint density at radius 2 is 2.14 bits per heavy atom. The summed E-state index contributed by atoms with van der Waals surface area (Å²) in [5.41, 5.74) is 0. The largest absolute Gasteiger partial charge is 0.406 e. The second-order valence-corrected chi connectivity index (χ2v) is 3.45. The fourth-order valence-electron chi connectivity index (χ4n) is 1.83. The number of anilines is 1. The van der Waals surface area contributed by atoms with Gasteiger partial charge in [-0.1, -0.05) is 0 Å². The van der Waals surface area contributed by atoms with Crippen LogP contribution in [-0.2, 0) is 7.05 Å². The molecule has 0 radical (unpaired) electrons. The van der Waals surface area contributed by atoms with Gasteiger partial charge in [-0.25, -0.2) is 0 Å². The van der Waals surface area contributed by atoms with Crippen molar-refractivity contribution in [2.45, 2.75) is 12.8 Å². The Bertz CT molecular complexity index is 354. The van der Waals surface area contributed by atoms with Crippen molar-refractivity contribution >= 4 is 11.6 Å². The predicted molar refractivity (Wildman–Crippen MR) is 51.3 cm³/mol. The monoisotopic (exact) mass is 196 g/mol. The van der Waals surface area contributed by atoms with Crippen molar-refractivity contribution in [3.8, 4) is 0 Å². The molecule has 6 heteroatoms. The van der Waals surface area contributed by atoms with E-state index in [1.165, 1.54) is 6.33 Å². The van der Waals surface area contributed by atoms with Crippen molar-refractivity contribution in [3.63, 3.8) is 0 Å². The molecule has 0 amide bonds. The molecule has 76 valence electrons. The van der Waals surface area contributed by atoms with E-state index in [1.807, 2.05) is 4.90 Å². The smallest absolute Gasteiger partial charge is 0.358 e. The van der Waals surface area contributed by atoms with Crippen molar-refractivity contribution in [3.05, 3.63) is 16.4 Å². The highest BCUT2D eigenvalue weighted by Crippen LogP contribution is 2.28. The Morgan fingerprint density at radius 3 is 2.71 bits per heavy atom. The topological polar surface area (TPSA) is 64.2 Å². The summed E-state index contributed by atoms with van der Waals surface area (Å²) in [6, 6.07) is 0. The Kier molecular flexibility index (Phi) is 2.11. The molecule has 0 unspecified atom stereocenters. The van der Waals surface area contributed by atoms with Crippen molar-refractivity contribution in [1.29, 1.82) is 0 Å². The molecule has 0 saturated carbocycles. The predicted octanol–water partition coefficient (Wildman–Crippen LogP) is 0.928. The number of rotatable bonds is 2. The summed E-state index contributed by atoms with van der Waals surface area (Å²) in [6.45, 7) is 1.78. The van der Waals surface area contributed by atoms with E-state index in [0.717, 1.165) is 25.9 Å². The van der Waals surface area contributed by atoms with E-state index in [4.69, 9.17) is 0 Å². The van der Waals surface area contributed by atoms with Crippen LogP contribution in [0.1, 0.15) is 12.8 Å². The Hall–Kier alpha value is -1.59. The summed E-state index contributed by atoms with van der Waals surface area (Å²) >= 11 is 0. The van der Waals surface area contributed by atoms with Crippen molar-refractivity contribution in [2.24, 2.45) is 7.05 Å². The van der Waals surface area contributed by atoms with E-state index in [1.54, 1.807) is 11.6 Å². The number of aromatic nitrogens is 2. The first-order valence-corrected chi connectivity index (χ1v) is 4.61. The molecule has 1 saturated heterocycles. The number of nitrogens with zero attached hydrogens (tertiary/aromatic N) is 4. The Morgan fingerprint density at radius 1 is 1.50 bits per heavy atom. The average molecular weight is 196 g/mol. The van der Waals surface area contributed by atoms with Crippen LogP contribution in [0.25, 0.3) is 0 Å². The zero-order valence-corrected chi connectivity index (χ0v) is 8.01. The van der Waals surface area contributed by atoms with Crippen LogP contribution in [0.4, 0.5) is 11.6 Å². The number of nitro groups is 1. The van der Waals surface area contributed by atoms with Gasteiger partial charge in [0.25, 0.3) is 0 Å². The minimum absolute atomic E-state index is 0.0330. The second kappa shape index (κ2) is 3.28. The van der Waals surface area contributed by atoms with Gasteiger partial charge in [0.1, 0.15) is 0 Å². The molecular weight excluding hydrogens is 184 g/mol. The third kappa shape index (κ3) is 1.32. The van der Waals surface area contributed by atoms with Crippen LogP contribution in [-0.4, -0.2) is 27.6 Å². The van der Waals surface area contributed by atoms with Crippen molar-refractivity contribution in [2.75, 3.05) is 18.0 Å². The SMILES string of the molecule is Cn1cnc([N+](=O)[O-])c1N1CCCC1. The zero-order chi connectivity index (χ0) is 10.1. The van der Waals surface area contributed by atoms with E-state index in [9.17, 15) is 10.1 Å². The van der Waals surface area contributed by atoms with E-state index >= 15 is 0 Å². The first-order valence-electron chi connectivity index (χ1n) is 4.61. The molecule has 0 aliphatic carbocycles. The minimum Gasteiger partial charge on any atom is -0.358 e. The van der Waals surface area contributed by atoms with Crippen LogP contribution in [0.3, 0.4) is 0 Å². The third-order valence-electron chi connectivity index (χ3n) is 2.47. The van der Waals surface area contributed by atoms with E-state index in [2.05, 4.69) is 4.98 Å². The maximum Gasteiger partial charge on any atom is 0.406 e. The number of imidazole rings is 1. The van der Waals surface area contributed by atoms with E-state index < -0.39 is 4.92 Å². The summed E-state index contributed by atoms with van der Waals surface area (Å²) in [5, 5.41) is 10.7. The van der Waals surface area contributed by atoms with Gasteiger partial charge in [0.2, 0.25) is 12.1 Å². The molecule has 1 aromatic heterocycles. The molecule has 0 atom stereocenters. The molecule has 1 aliphatic rings. The summed E-state index contributed by atoms with van der Waals surface area (Å²) in [6.07, 6.45) is 3.69. The first-order chi connectivity index (χ1) is 6.70. The molecule has 2 heterocycles. The van der Waals surface area contributed by atoms with Gasteiger partial charge in [-0.05, 0) is 22.7 Å². The van der Waals surface area contributed by atoms with Crippen LogP contribution in [0.2, 0.25) is 0 Å². The van der Waals surface area contributed by atoms with Crippen molar-refractivity contribution < 1.29 is 4.92 Å². The first kappa shape index (κ1) is 8.98. The standard InChI is InChI=1S/C8H12N4O2/c1-10-6-9-7(12(13)14)8(10)11-4-2-3-5-11/h6H,2-5H2,1H3. The molecular formula is C8H12N4O2. The third-order valence-corrected chi connectivity index (χ3v) is 2.47. The summed E-state index contributed by atoms with van der Waals surface area (Å²) < 4.78 is 1.71. The molecule has 14 heavy (non-hydrogen) atoms. The lowest BCUT2D eigenvalue weighted by Crippen LogP contribution is -2.21. The van der Waals surface area contributed by atoms with E-state index in [-0.39, 0.29) is 5.82 Å². The lowest BCUT2D eigenvalue weighted by Gasteiger charge is -2.15. The molecule has 0 bridgehead atoms. The molecule has 1 fully saturated rings. The second-order valence-electron chi connectivity index (χ2n) is 3.45. The minimum atomic E-state index is -0.423. The lowest BCUT2D eigenvalue weighted by molar-refractivity contribution is -0.388. The van der Waals surface area contributed by atoms with Gasteiger partial charge >= 0.3 is 5.82 Å². The zero-order valence-electron chi connectivity index (χ0n) is 8.01. The quantitative estimate of drug-likeness (QED) is 0.521. The number of hydrogen-bond acceptors (Lipinski definition) is 4. The summed E-state index contributed by atoms with van der Waals surface area (Å²) in [5.74, 6) is 0.599. The van der Waals surface area contributed by atoms with Gasteiger partial charge in [-0.15, -0.1) is 0 Å². The van der Waals surface area contributed by atoms with Gasteiger partial charge in [0.05, 0.1) is 0 Å². The number of aryl methyl sites for hydroxylation is 1. The molecule has 2 rings (SSSR count). The highest BCUT2D eigenvalue weighted by Gasteiger charge is 2.26. The molecule has 0 N–H and O–H groups in total. The normalized spacial score (nSPS) is 16.2. The average Bonchev–Trinajstić information content (AvgIpc) is 2.71. The van der Waals surface area contributed by atoms with Gasteiger partial charge in [0.15, 0.2) is 0 Å². The maximum atomic E-state index is 10.7. The number of hydrogen-bond donors (Lipinski definition) is 0. The van der Waals surface area contributed by atoms with Gasteiger partial charge < -0.3 is 15.0 Å². The molecule has 1 aromatic rings. The lowest BCUT2D eigenvalue weighted by atomic mass is 10.4. The highest BCUT2D eigenvalue weighted by atomic mass is 16.6. The highest BCUT2D eigenvalue weighted by molar-refractivity contribution is 5.55. The maximum absolute atomic E-state index is 10.7. The molecule has 0 spiro atoms. The van der Waals surface area contributed by atoms with Crippen LogP contribution in [0.15, 0.2) is 6.33 Å². The molecule has 1 aliphatic heterocycles. The van der Waals surface area contributed by atoms with Gasteiger partial charge in [-0.2, -0.15) is 0 Å². The molecule has 6 nitrogen and oxygen atoms in total. The summed E-state index contributed by atoms with van der Waals surface area (Å²) in [7, 11) is 1.79. The van der Waals surface area contributed by atoms with Gasteiger partial charge in [-0.3, -0.25) is 4.57 Å². The fourth-order valence-corrected chi connectivity index (χ4v) is 1.83. The van der Waals surface area contributed by atoms with Crippen LogP contribution in [0.5, 0.6) is 0 Å². The van der Waals surface area contributed by atoms with E-state index in [0.29, 0.717) is 5.82 Å². The van der Waals surface area contributed by atoms with Crippen LogP contribution < -0.4 is 4.90 Å². The van der Waals surface area contributed by atoms with Gasteiger partial charge in [0, 0.05) is 20.1 Å². The van der Waals surface area contributed by atoms with Crippen LogP contribution >= 0.6 is 0 Å². The Balaban J connectivity index is 2.38. The van der Waals surface area contributed by atoms with Crippen molar-refractivity contribution in [1.82, 2.24) is 9.55 Å². The fraction of sp³-hybridized carbons (Fsp3) is 0.625. The Labute approximate surface area is 81.3 Å². The van der Waals surface area contributed by atoms with Crippen LogP contribution in [0, 0.1) is 10.1 Å².